The molecule has 3 aromatic carbocycles. The summed E-state index contributed by atoms with van der Waals surface area (Å²) in [6, 6.07) is 19.1. The molecule has 4 aromatic rings. The number of nitrogens with zero attached hydrogens (tertiary/aromatic N) is 3. The van der Waals surface area contributed by atoms with Crippen LogP contribution in [0.4, 0.5) is 23.7 Å². The molecule has 0 unspecified atom stereocenters. The fourth-order valence-electron chi connectivity index (χ4n) is 4.90. The first kappa shape index (κ1) is 29.1. The zero-order chi connectivity index (χ0) is 29.9. The molecule has 220 valence electrons. The van der Waals surface area contributed by atoms with Gasteiger partial charge in [0.2, 0.25) is 5.62 Å². The van der Waals surface area contributed by atoms with E-state index in [1.165, 1.54) is 17.0 Å². The molecule has 5 rings (SSSR count). The van der Waals surface area contributed by atoms with Gasteiger partial charge in [0.1, 0.15) is 0 Å². The van der Waals surface area contributed by atoms with Crippen LogP contribution in [0, 0.1) is 5.92 Å². The van der Waals surface area contributed by atoms with Crippen LogP contribution in [0.2, 0.25) is 0 Å². The standard InChI is InChI=1S/C31H31F3N4O4/c1-20(18-41-19-22-8-4-3-5-9-22)21(2)38-27-13-12-25(37-14-7-15-42-30(37)40)17-26(27)35-29(38)36-28(39)23-10-6-11-24(16-23)31(32,33)34/h3-6,8-13,16-17,20-21H,7,14-15,18-19H2,1-2H3,(H,35,36,39)/t20-,21+/m0/s1. The summed E-state index contributed by atoms with van der Waals surface area (Å²) in [4.78, 5) is 34.4. The third kappa shape index (κ3) is 6.41. The van der Waals surface area contributed by atoms with E-state index < -0.39 is 23.7 Å². The first-order valence-electron chi connectivity index (χ1n) is 13.7. The van der Waals surface area contributed by atoms with Gasteiger partial charge in [-0.25, -0.2) is 4.79 Å². The number of nitrogens with one attached hydrogen (secondary N) is 1. The van der Waals surface area contributed by atoms with E-state index in [9.17, 15) is 22.8 Å². The van der Waals surface area contributed by atoms with E-state index in [0.29, 0.717) is 49.5 Å². The number of hydrogen-bond donors (Lipinski definition) is 1. The quantitative estimate of drug-likeness (QED) is 0.258. The van der Waals surface area contributed by atoms with Crippen LogP contribution in [0.3, 0.4) is 0 Å². The Kier molecular flexibility index (Phi) is 8.49. The summed E-state index contributed by atoms with van der Waals surface area (Å²) in [5, 5.41) is 0. The lowest BCUT2D eigenvalue weighted by Gasteiger charge is -2.26. The molecule has 2 atom stereocenters. The number of cyclic esters (lactones) is 1. The number of anilines is 1. The van der Waals surface area contributed by atoms with Gasteiger partial charge in [0.25, 0.3) is 5.91 Å². The fourth-order valence-corrected chi connectivity index (χ4v) is 4.90. The van der Waals surface area contributed by atoms with Gasteiger partial charge in [0.15, 0.2) is 0 Å². The topological polar surface area (TPSA) is 88.9 Å². The summed E-state index contributed by atoms with van der Waals surface area (Å²) in [5.74, 6) is -0.853. The number of aromatic amines is 1. The Bertz CT molecular complexity index is 1650. The van der Waals surface area contributed by atoms with E-state index in [0.717, 1.165) is 17.7 Å². The number of benzene rings is 3. The molecule has 1 aliphatic heterocycles. The maximum atomic E-state index is 13.3. The van der Waals surface area contributed by atoms with Crippen LogP contribution in [0.15, 0.2) is 77.8 Å². The fraction of sp³-hybridized carbons (Fsp3) is 0.323. The number of amides is 2. The Morgan fingerprint density at radius 2 is 1.86 bits per heavy atom. The zero-order valence-corrected chi connectivity index (χ0v) is 23.2. The number of fused-ring (bicyclic) bond motifs is 1. The third-order valence-corrected chi connectivity index (χ3v) is 7.37. The Morgan fingerprint density at radius 3 is 2.60 bits per heavy atom. The number of ether oxygens (including phenoxy) is 2. The van der Waals surface area contributed by atoms with E-state index >= 15 is 0 Å². The maximum absolute atomic E-state index is 13.3. The molecule has 1 aromatic heterocycles. The Balaban J connectivity index is 1.51. The molecular formula is C31H31F3N4O4. The molecule has 1 N–H and O–H groups in total. The monoisotopic (exact) mass is 580 g/mol. The molecule has 1 fully saturated rings. The van der Waals surface area contributed by atoms with Gasteiger partial charge < -0.3 is 19.0 Å². The summed E-state index contributed by atoms with van der Waals surface area (Å²) < 4.78 is 52.8. The van der Waals surface area contributed by atoms with Crippen LogP contribution in [0.1, 0.15) is 47.8 Å². The SMILES string of the molecule is C[C@H]([C@@H](C)COCc1ccccc1)n1/c(=N/C(=O)c2cccc(C(F)(F)F)c2)[nH]c2cc(N3CCCOC3=O)ccc21. The molecule has 0 bridgehead atoms. The second kappa shape index (κ2) is 12.2. The summed E-state index contributed by atoms with van der Waals surface area (Å²) in [6.45, 7) is 5.70. The van der Waals surface area contributed by atoms with E-state index in [1.807, 2.05) is 54.8 Å². The summed E-state index contributed by atoms with van der Waals surface area (Å²) in [6.07, 6.45) is -4.34. The van der Waals surface area contributed by atoms with Crippen molar-refractivity contribution in [2.24, 2.45) is 10.9 Å². The highest BCUT2D eigenvalue weighted by molar-refractivity contribution is 5.95. The highest BCUT2D eigenvalue weighted by Gasteiger charge is 2.31. The van der Waals surface area contributed by atoms with Crippen LogP contribution in [0.5, 0.6) is 0 Å². The molecule has 0 saturated carbocycles. The van der Waals surface area contributed by atoms with Crippen LogP contribution in [-0.2, 0) is 22.3 Å². The molecule has 2 amide bonds. The van der Waals surface area contributed by atoms with Crippen molar-refractivity contribution in [2.75, 3.05) is 24.7 Å². The second-order valence-electron chi connectivity index (χ2n) is 10.4. The number of alkyl halides is 3. The molecule has 0 radical (unpaired) electrons. The molecule has 1 aliphatic rings. The third-order valence-electron chi connectivity index (χ3n) is 7.37. The van der Waals surface area contributed by atoms with Crippen LogP contribution in [0.25, 0.3) is 11.0 Å². The number of halogens is 3. The molecule has 11 heteroatoms. The molecule has 0 aliphatic carbocycles. The van der Waals surface area contributed by atoms with Gasteiger partial charge in [-0.1, -0.05) is 43.3 Å². The number of carbonyl (C=O) groups excluding carboxylic acids is 2. The minimum Gasteiger partial charge on any atom is -0.449 e. The van der Waals surface area contributed by atoms with Crippen molar-refractivity contribution in [1.29, 1.82) is 0 Å². The molecule has 2 heterocycles. The second-order valence-corrected chi connectivity index (χ2v) is 10.4. The number of imidazole rings is 1. The number of H-pyrrole nitrogens is 1. The average Bonchev–Trinajstić information content (AvgIpc) is 3.34. The van der Waals surface area contributed by atoms with E-state index in [2.05, 4.69) is 9.98 Å². The minimum absolute atomic E-state index is 0.0351. The Hall–Kier alpha value is -4.38. The zero-order valence-electron chi connectivity index (χ0n) is 23.2. The van der Waals surface area contributed by atoms with Gasteiger partial charge in [-0.3, -0.25) is 9.69 Å². The summed E-state index contributed by atoms with van der Waals surface area (Å²) in [7, 11) is 0. The van der Waals surface area contributed by atoms with Crippen molar-refractivity contribution in [3.63, 3.8) is 0 Å². The number of rotatable bonds is 8. The predicted molar refractivity (Wildman–Crippen MR) is 151 cm³/mol. The first-order valence-corrected chi connectivity index (χ1v) is 13.7. The number of carbonyl (C=O) groups is 2. The van der Waals surface area contributed by atoms with Crippen LogP contribution >= 0.6 is 0 Å². The Morgan fingerprint density at radius 1 is 1.07 bits per heavy atom. The molecule has 1 saturated heterocycles. The normalized spacial score (nSPS) is 16.0. The van der Waals surface area contributed by atoms with E-state index in [-0.39, 0.29) is 23.1 Å². The smallest absolute Gasteiger partial charge is 0.416 e. The van der Waals surface area contributed by atoms with Crippen molar-refractivity contribution in [3.05, 3.63) is 95.1 Å². The van der Waals surface area contributed by atoms with Crippen molar-refractivity contribution < 1.29 is 32.2 Å². The van der Waals surface area contributed by atoms with Crippen molar-refractivity contribution in [3.8, 4) is 0 Å². The minimum atomic E-state index is -4.59. The summed E-state index contributed by atoms with van der Waals surface area (Å²) in [5.41, 5.74) is 2.04. The maximum Gasteiger partial charge on any atom is 0.416 e. The van der Waals surface area contributed by atoms with Gasteiger partial charge in [0.05, 0.1) is 36.4 Å². The van der Waals surface area contributed by atoms with Gasteiger partial charge in [0, 0.05) is 29.8 Å². The lowest BCUT2D eigenvalue weighted by atomic mass is 10.0. The van der Waals surface area contributed by atoms with E-state index in [1.54, 1.807) is 12.1 Å². The van der Waals surface area contributed by atoms with Crippen molar-refractivity contribution in [2.45, 2.75) is 39.1 Å². The van der Waals surface area contributed by atoms with Crippen LogP contribution in [-0.4, -0.2) is 41.3 Å². The van der Waals surface area contributed by atoms with Gasteiger partial charge in [-0.05, 0) is 55.3 Å². The lowest BCUT2D eigenvalue weighted by molar-refractivity contribution is -0.137. The van der Waals surface area contributed by atoms with E-state index in [4.69, 9.17) is 9.47 Å². The first-order chi connectivity index (χ1) is 20.1. The number of aromatic nitrogens is 2. The largest absolute Gasteiger partial charge is 0.449 e. The van der Waals surface area contributed by atoms with Gasteiger partial charge in [-0.15, -0.1) is 0 Å². The van der Waals surface area contributed by atoms with Crippen molar-refractivity contribution in [1.82, 2.24) is 9.55 Å². The van der Waals surface area contributed by atoms with Crippen LogP contribution < -0.4 is 10.5 Å². The molecule has 0 spiro atoms. The highest BCUT2D eigenvalue weighted by Crippen LogP contribution is 2.30. The molecule has 8 nitrogen and oxygen atoms in total. The van der Waals surface area contributed by atoms with Crippen molar-refractivity contribution >= 4 is 28.7 Å². The summed E-state index contributed by atoms with van der Waals surface area (Å²) >= 11 is 0. The predicted octanol–water partition coefficient (Wildman–Crippen LogP) is 6.49. The lowest BCUT2D eigenvalue weighted by Crippen LogP contribution is -2.37. The molecular weight excluding hydrogens is 549 g/mol. The molecule has 42 heavy (non-hydrogen) atoms. The highest BCUT2D eigenvalue weighted by atomic mass is 19.4. The Labute approximate surface area is 240 Å². The van der Waals surface area contributed by atoms with Gasteiger partial charge in [-0.2, -0.15) is 18.2 Å². The number of hydrogen-bond acceptors (Lipinski definition) is 4. The average molecular weight is 581 g/mol. The van der Waals surface area contributed by atoms with Gasteiger partial charge >= 0.3 is 12.3 Å².